The number of hydrogen-bond acceptors (Lipinski definition) is 3. The lowest BCUT2D eigenvalue weighted by Gasteiger charge is -2.11. The standard InChI is InChI=1S/C16H14FN3/c1-10-3-4-11(2)15(7-10)20-16-13-8-12(17)5-6-14(13)18-9-19-16/h3-9H,1-2H3,(H,18,19,20). The van der Waals surface area contributed by atoms with Crippen molar-refractivity contribution in [3.05, 3.63) is 59.7 Å². The zero-order valence-electron chi connectivity index (χ0n) is 11.3. The van der Waals surface area contributed by atoms with Crippen LogP contribution in [0.2, 0.25) is 0 Å². The van der Waals surface area contributed by atoms with E-state index in [4.69, 9.17) is 0 Å². The van der Waals surface area contributed by atoms with Crippen LogP contribution in [0, 0.1) is 19.7 Å². The summed E-state index contributed by atoms with van der Waals surface area (Å²) in [6.07, 6.45) is 1.48. The van der Waals surface area contributed by atoms with E-state index in [1.54, 1.807) is 6.07 Å². The van der Waals surface area contributed by atoms with Gasteiger partial charge in [0.1, 0.15) is 18.0 Å². The molecule has 0 amide bonds. The molecule has 0 saturated heterocycles. The Bertz CT molecular complexity index is 784. The zero-order valence-corrected chi connectivity index (χ0v) is 11.3. The predicted octanol–water partition coefficient (Wildman–Crippen LogP) is 4.13. The molecule has 0 fully saturated rings. The molecule has 1 heterocycles. The highest BCUT2D eigenvalue weighted by molar-refractivity contribution is 5.90. The Morgan fingerprint density at radius 2 is 1.85 bits per heavy atom. The fourth-order valence-electron chi connectivity index (χ4n) is 2.13. The second-order valence-electron chi connectivity index (χ2n) is 4.83. The van der Waals surface area contributed by atoms with Crippen LogP contribution < -0.4 is 5.32 Å². The second-order valence-corrected chi connectivity index (χ2v) is 4.83. The molecule has 3 aromatic rings. The fraction of sp³-hybridized carbons (Fsp3) is 0.125. The van der Waals surface area contributed by atoms with E-state index in [0.717, 1.165) is 16.8 Å². The van der Waals surface area contributed by atoms with Crippen molar-refractivity contribution in [3.8, 4) is 0 Å². The van der Waals surface area contributed by atoms with Crippen LogP contribution >= 0.6 is 0 Å². The van der Waals surface area contributed by atoms with Crippen LogP contribution in [0.5, 0.6) is 0 Å². The molecule has 0 radical (unpaired) electrons. The van der Waals surface area contributed by atoms with E-state index < -0.39 is 0 Å². The van der Waals surface area contributed by atoms with E-state index in [1.165, 1.54) is 18.5 Å². The number of hydrogen-bond donors (Lipinski definition) is 1. The first-order valence-corrected chi connectivity index (χ1v) is 6.38. The van der Waals surface area contributed by atoms with Gasteiger partial charge in [-0.1, -0.05) is 12.1 Å². The lowest BCUT2D eigenvalue weighted by molar-refractivity contribution is 0.629. The Hall–Kier alpha value is -2.49. The summed E-state index contributed by atoms with van der Waals surface area (Å²) >= 11 is 0. The summed E-state index contributed by atoms with van der Waals surface area (Å²) in [6, 6.07) is 10.6. The summed E-state index contributed by atoms with van der Waals surface area (Å²) < 4.78 is 13.4. The van der Waals surface area contributed by atoms with Gasteiger partial charge in [-0.3, -0.25) is 0 Å². The summed E-state index contributed by atoms with van der Waals surface area (Å²) in [6.45, 7) is 4.05. The summed E-state index contributed by atoms with van der Waals surface area (Å²) in [5.41, 5.74) is 3.95. The van der Waals surface area contributed by atoms with Crippen molar-refractivity contribution in [3.63, 3.8) is 0 Å². The number of benzene rings is 2. The first kappa shape index (κ1) is 12.5. The minimum atomic E-state index is -0.295. The second kappa shape index (κ2) is 4.89. The molecular weight excluding hydrogens is 253 g/mol. The van der Waals surface area contributed by atoms with Gasteiger partial charge in [-0.15, -0.1) is 0 Å². The van der Waals surface area contributed by atoms with Crippen LogP contribution in [0.3, 0.4) is 0 Å². The first-order chi connectivity index (χ1) is 9.63. The molecule has 0 aliphatic rings. The van der Waals surface area contributed by atoms with Gasteiger partial charge in [0.05, 0.1) is 5.52 Å². The van der Waals surface area contributed by atoms with Crippen molar-refractivity contribution in [2.45, 2.75) is 13.8 Å². The highest BCUT2D eigenvalue weighted by Crippen LogP contribution is 2.26. The van der Waals surface area contributed by atoms with Crippen LogP contribution in [0.15, 0.2) is 42.7 Å². The van der Waals surface area contributed by atoms with Gasteiger partial charge in [0.2, 0.25) is 0 Å². The van der Waals surface area contributed by atoms with Gasteiger partial charge in [-0.2, -0.15) is 0 Å². The van der Waals surface area contributed by atoms with Crippen molar-refractivity contribution >= 4 is 22.4 Å². The SMILES string of the molecule is Cc1ccc(C)c(Nc2ncnc3ccc(F)cc23)c1. The van der Waals surface area contributed by atoms with Gasteiger partial charge < -0.3 is 5.32 Å². The maximum absolute atomic E-state index is 13.4. The number of rotatable bonds is 2. The van der Waals surface area contributed by atoms with Gasteiger partial charge in [0.15, 0.2) is 0 Å². The Morgan fingerprint density at radius 3 is 2.70 bits per heavy atom. The van der Waals surface area contributed by atoms with Crippen LogP contribution in [-0.4, -0.2) is 9.97 Å². The van der Waals surface area contributed by atoms with Crippen molar-refractivity contribution in [2.24, 2.45) is 0 Å². The maximum Gasteiger partial charge on any atom is 0.141 e. The smallest absolute Gasteiger partial charge is 0.141 e. The first-order valence-electron chi connectivity index (χ1n) is 6.38. The summed E-state index contributed by atoms with van der Waals surface area (Å²) in [5.74, 6) is 0.319. The lowest BCUT2D eigenvalue weighted by Crippen LogP contribution is -1.98. The molecule has 0 saturated carbocycles. The molecule has 0 aliphatic carbocycles. The van der Waals surface area contributed by atoms with Gasteiger partial charge in [-0.25, -0.2) is 14.4 Å². The molecule has 0 spiro atoms. The maximum atomic E-state index is 13.4. The molecule has 3 rings (SSSR count). The van der Waals surface area contributed by atoms with E-state index in [9.17, 15) is 4.39 Å². The summed E-state index contributed by atoms with van der Waals surface area (Å²) in [4.78, 5) is 8.37. The van der Waals surface area contributed by atoms with Gasteiger partial charge >= 0.3 is 0 Å². The Labute approximate surface area is 116 Å². The van der Waals surface area contributed by atoms with Gasteiger partial charge in [0, 0.05) is 11.1 Å². The largest absolute Gasteiger partial charge is 0.339 e. The lowest BCUT2D eigenvalue weighted by atomic mass is 10.1. The molecule has 1 aromatic heterocycles. The number of anilines is 2. The molecule has 2 aromatic carbocycles. The van der Waals surface area contributed by atoms with Crippen molar-refractivity contribution < 1.29 is 4.39 Å². The number of halogens is 1. The molecule has 1 N–H and O–H groups in total. The van der Waals surface area contributed by atoms with Crippen LogP contribution in [0.4, 0.5) is 15.9 Å². The average Bonchev–Trinajstić information content (AvgIpc) is 2.43. The van der Waals surface area contributed by atoms with Crippen molar-refractivity contribution in [1.82, 2.24) is 9.97 Å². The molecule has 4 heteroatoms. The Morgan fingerprint density at radius 1 is 1.00 bits per heavy atom. The molecule has 0 unspecified atom stereocenters. The van der Waals surface area contributed by atoms with Gasteiger partial charge in [0.25, 0.3) is 0 Å². The van der Waals surface area contributed by atoms with Gasteiger partial charge in [-0.05, 0) is 49.2 Å². The molecular formula is C16H14FN3. The fourth-order valence-corrected chi connectivity index (χ4v) is 2.13. The highest BCUT2D eigenvalue weighted by Gasteiger charge is 2.07. The third-order valence-corrected chi connectivity index (χ3v) is 3.24. The monoisotopic (exact) mass is 267 g/mol. The Balaban J connectivity index is 2.10. The minimum Gasteiger partial charge on any atom is -0.339 e. The Kier molecular flexibility index (Phi) is 3.06. The number of aryl methyl sites for hydroxylation is 2. The summed E-state index contributed by atoms with van der Waals surface area (Å²) in [5, 5.41) is 3.94. The zero-order chi connectivity index (χ0) is 14.1. The molecule has 0 aliphatic heterocycles. The number of aromatic nitrogens is 2. The normalized spacial score (nSPS) is 10.8. The quantitative estimate of drug-likeness (QED) is 0.758. The van der Waals surface area contributed by atoms with Crippen LogP contribution in [0.25, 0.3) is 10.9 Å². The summed E-state index contributed by atoms with van der Waals surface area (Å²) in [7, 11) is 0. The topological polar surface area (TPSA) is 37.8 Å². The highest BCUT2D eigenvalue weighted by atomic mass is 19.1. The molecule has 20 heavy (non-hydrogen) atoms. The third kappa shape index (κ3) is 2.32. The third-order valence-electron chi connectivity index (χ3n) is 3.24. The molecule has 100 valence electrons. The van der Waals surface area contributed by atoms with E-state index in [-0.39, 0.29) is 5.82 Å². The minimum absolute atomic E-state index is 0.295. The molecule has 0 bridgehead atoms. The van der Waals surface area contributed by atoms with Crippen molar-refractivity contribution in [1.29, 1.82) is 0 Å². The van der Waals surface area contributed by atoms with Crippen LogP contribution in [-0.2, 0) is 0 Å². The number of nitrogens with one attached hydrogen (secondary N) is 1. The number of nitrogens with zero attached hydrogens (tertiary/aromatic N) is 2. The van der Waals surface area contributed by atoms with E-state index in [0.29, 0.717) is 16.7 Å². The van der Waals surface area contributed by atoms with Crippen LogP contribution in [0.1, 0.15) is 11.1 Å². The van der Waals surface area contributed by atoms with Crippen molar-refractivity contribution in [2.75, 3.05) is 5.32 Å². The van der Waals surface area contributed by atoms with E-state index >= 15 is 0 Å². The van der Waals surface area contributed by atoms with E-state index in [1.807, 2.05) is 26.0 Å². The predicted molar refractivity (Wildman–Crippen MR) is 78.7 cm³/mol. The molecule has 3 nitrogen and oxygen atoms in total. The number of fused-ring (bicyclic) bond motifs is 1. The molecule has 0 atom stereocenters. The average molecular weight is 267 g/mol. The van der Waals surface area contributed by atoms with E-state index in [2.05, 4.69) is 21.4 Å².